The zero-order valence-electron chi connectivity index (χ0n) is 12.4. The average Bonchev–Trinajstić information content (AvgIpc) is 3.18. The molecule has 0 saturated heterocycles. The molecule has 21 heavy (non-hydrogen) atoms. The third-order valence-corrected chi connectivity index (χ3v) is 6.38. The van der Waals surface area contributed by atoms with E-state index in [0.717, 1.165) is 5.56 Å². The lowest BCUT2D eigenvalue weighted by atomic mass is 10.0. The zero-order chi connectivity index (χ0) is 15.7. The van der Waals surface area contributed by atoms with Gasteiger partial charge in [-0.3, -0.25) is 0 Å². The Labute approximate surface area is 125 Å². The van der Waals surface area contributed by atoms with Crippen LogP contribution >= 0.6 is 0 Å². The van der Waals surface area contributed by atoms with Gasteiger partial charge in [0.05, 0.1) is 25.0 Å². The number of methoxy groups -OCH3 is 2. The minimum absolute atomic E-state index is 0.0253. The van der Waals surface area contributed by atoms with Crippen molar-refractivity contribution in [2.24, 2.45) is 5.41 Å². The molecule has 0 heterocycles. The summed E-state index contributed by atoms with van der Waals surface area (Å²) in [7, 11) is -0.259. The molecule has 1 aromatic carbocycles. The smallest absolute Gasteiger partial charge is 0.155 e. The Hall–Kier alpha value is -1.58. The molecule has 5 nitrogen and oxygen atoms in total. The Morgan fingerprint density at radius 3 is 2.33 bits per heavy atom. The number of nitriles is 1. The molecule has 1 aliphatic carbocycles. The summed E-state index contributed by atoms with van der Waals surface area (Å²) in [6, 6.07) is 9.37. The van der Waals surface area contributed by atoms with Gasteiger partial charge in [0.2, 0.25) is 0 Å². The SMILES string of the molecule is CCS(=O)(=O)[C@@H]1[C@H](c2ccc(OC)cc2)[C@]1(C#N)COC. The van der Waals surface area contributed by atoms with Crippen LogP contribution in [0.2, 0.25) is 0 Å². The first-order chi connectivity index (χ1) is 9.96. The van der Waals surface area contributed by atoms with E-state index in [9.17, 15) is 13.7 Å². The van der Waals surface area contributed by atoms with Gasteiger partial charge in [-0.2, -0.15) is 5.26 Å². The molecule has 1 aliphatic rings. The Morgan fingerprint density at radius 1 is 1.29 bits per heavy atom. The van der Waals surface area contributed by atoms with Crippen molar-refractivity contribution >= 4 is 9.84 Å². The summed E-state index contributed by atoms with van der Waals surface area (Å²) in [5, 5.41) is 8.83. The average molecular weight is 309 g/mol. The third kappa shape index (κ3) is 2.52. The molecular formula is C15H19NO4S. The van der Waals surface area contributed by atoms with Crippen LogP contribution in [0, 0.1) is 16.7 Å². The normalized spacial score (nSPS) is 27.9. The molecule has 0 unspecified atom stereocenters. The second-order valence-electron chi connectivity index (χ2n) is 5.21. The molecule has 1 fully saturated rings. The fraction of sp³-hybridized carbons (Fsp3) is 0.533. The highest BCUT2D eigenvalue weighted by molar-refractivity contribution is 7.92. The lowest BCUT2D eigenvalue weighted by Crippen LogP contribution is -2.20. The topological polar surface area (TPSA) is 76.4 Å². The predicted molar refractivity (Wildman–Crippen MR) is 78.9 cm³/mol. The Kier molecular flexibility index (Phi) is 4.26. The Balaban J connectivity index is 2.42. The molecule has 0 bridgehead atoms. The van der Waals surface area contributed by atoms with Gasteiger partial charge in [0.1, 0.15) is 11.2 Å². The van der Waals surface area contributed by atoms with Crippen LogP contribution in [0.25, 0.3) is 0 Å². The number of hydrogen-bond acceptors (Lipinski definition) is 5. The molecule has 0 aromatic heterocycles. The van der Waals surface area contributed by atoms with E-state index >= 15 is 0 Å². The van der Waals surface area contributed by atoms with Gasteiger partial charge >= 0.3 is 0 Å². The first kappa shape index (κ1) is 15.8. The van der Waals surface area contributed by atoms with E-state index in [1.807, 2.05) is 12.1 Å². The predicted octanol–water partition coefficient (Wildman–Crippen LogP) is 1.75. The molecule has 2 rings (SSSR count). The van der Waals surface area contributed by atoms with E-state index in [-0.39, 0.29) is 18.3 Å². The van der Waals surface area contributed by atoms with Crippen LogP contribution in [-0.2, 0) is 14.6 Å². The number of nitrogens with zero attached hydrogens (tertiary/aromatic N) is 1. The van der Waals surface area contributed by atoms with E-state index in [1.165, 1.54) is 7.11 Å². The summed E-state index contributed by atoms with van der Waals surface area (Å²) in [6.07, 6.45) is 0. The summed E-state index contributed by atoms with van der Waals surface area (Å²) >= 11 is 0. The minimum atomic E-state index is -3.31. The van der Waals surface area contributed by atoms with Gasteiger partial charge in [0.15, 0.2) is 9.84 Å². The maximum atomic E-state index is 12.3. The molecule has 0 amide bonds. The largest absolute Gasteiger partial charge is 0.497 e. The van der Waals surface area contributed by atoms with Gasteiger partial charge in [-0.15, -0.1) is 0 Å². The zero-order valence-corrected chi connectivity index (χ0v) is 13.2. The summed E-state index contributed by atoms with van der Waals surface area (Å²) < 4.78 is 34.8. The Bertz CT molecular complexity index is 647. The van der Waals surface area contributed by atoms with Gasteiger partial charge in [0.25, 0.3) is 0 Å². The minimum Gasteiger partial charge on any atom is -0.497 e. The van der Waals surface area contributed by atoms with Crippen molar-refractivity contribution in [1.82, 2.24) is 0 Å². The van der Waals surface area contributed by atoms with E-state index in [4.69, 9.17) is 9.47 Å². The highest BCUT2D eigenvalue weighted by atomic mass is 32.2. The standard InChI is InChI=1S/C15H19NO4S/c1-4-21(17,18)14-13(15(14,9-16)10-19-2)11-5-7-12(20-3)8-6-11/h5-8,13-14H,4,10H2,1-3H3/t13-,14+,15-/m0/s1. The van der Waals surface area contributed by atoms with Crippen molar-refractivity contribution in [2.45, 2.75) is 18.1 Å². The highest BCUT2D eigenvalue weighted by Crippen LogP contribution is 2.62. The van der Waals surface area contributed by atoms with E-state index in [1.54, 1.807) is 26.2 Å². The lowest BCUT2D eigenvalue weighted by molar-refractivity contribution is 0.162. The maximum Gasteiger partial charge on any atom is 0.155 e. The van der Waals surface area contributed by atoms with Crippen LogP contribution in [0.1, 0.15) is 18.4 Å². The summed E-state index contributed by atoms with van der Waals surface area (Å²) in [4.78, 5) is 0. The van der Waals surface area contributed by atoms with Crippen LogP contribution < -0.4 is 4.74 Å². The number of benzene rings is 1. The first-order valence-corrected chi connectivity index (χ1v) is 8.44. The summed E-state index contributed by atoms with van der Waals surface area (Å²) in [5.74, 6) is 0.374. The molecular weight excluding hydrogens is 290 g/mol. The molecule has 0 N–H and O–H groups in total. The second kappa shape index (κ2) is 5.66. The van der Waals surface area contributed by atoms with Crippen LogP contribution in [0.4, 0.5) is 0 Å². The first-order valence-electron chi connectivity index (χ1n) is 6.72. The van der Waals surface area contributed by atoms with Gasteiger partial charge in [0, 0.05) is 18.8 Å². The molecule has 0 spiro atoms. The van der Waals surface area contributed by atoms with E-state index in [0.29, 0.717) is 5.75 Å². The van der Waals surface area contributed by atoms with Crippen LogP contribution in [0.3, 0.4) is 0 Å². The second-order valence-corrected chi connectivity index (χ2v) is 7.62. The van der Waals surface area contributed by atoms with Gasteiger partial charge < -0.3 is 9.47 Å². The summed E-state index contributed by atoms with van der Waals surface area (Å²) in [6.45, 7) is 1.72. The van der Waals surface area contributed by atoms with E-state index in [2.05, 4.69) is 6.07 Å². The molecule has 1 aromatic rings. The number of ether oxygens (including phenoxy) is 2. The quantitative estimate of drug-likeness (QED) is 0.800. The van der Waals surface area contributed by atoms with Crippen LogP contribution in [0.15, 0.2) is 24.3 Å². The number of hydrogen-bond donors (Lipinski definition) is 0. The molecule has 1 saturated carbocycles. The van der Waals surface area contributed by atoms with Crippen molar-refractivity contribution in [1.29, 1.82) is 5.26 Å². The fourth-order valence-corrected chi connectivity index (χ4v) is 4.98. The molecule has 114 valence electrons. The van der Waals surface area contributed by atoms with Crippen molar-refractivity contribution in [2.75, 3.05) is 26.6 Å². The maximum absolute atomic E-state index is 12.3. The van der Waals surface area contributed by atoms with Crippen molar-refractivity contribution in [3.05, 3.63) is 29.8 Å². The van der Waals surface area contributed by atoms with E-state index < -0.39 is 20.5 Å². The van der Waals surface area contributed by atoms with Gasteiger partial charge in [-0.25, -0.2) is 8.42 Å². The van der Waals surface area contributed by atoms with Crippen LogP contribution in [0.5, 0.6) is 5.75 Å². The van der Waals surface area contributed by atoms with Crippen LogP contribution in [-0.4, -0.2) is 40.2 Å². The fourth-order valence-electron chi connectivity index (χ4n) is 2.97. The molecule has 0 radical (unpaired) electrons. The highest BCUT2D eigenvalue weighted by Gasteiger charge is 2.71. The lowest BCUT2D eigenvalue weighted by Gasteiger charge is -2.07. The van der Waals surface area contributed by atoms with Gasteiger partial charge in [-0.1, -0.05) is 19.1 Å². The van der Waals surface area contributed by atoms with Crippen molar-refractivity contribution < 1.29 is 17.9 Å². The van der Waals surface area contributed by atoms with Crippen molar-refractivity contribution in [3.8, 4) is 11.8 Å². The monoisotopic (exact) mass is 309 g/mol. The summed E-state index contributed by atoms with van der Waals surface area (Å²) in [5.41, 5.74) is -0.158. The third-order valence-electron chi connectivity index (χ3n) is 4.11. The Morgan fingerprint density at radius 2 is 1.90 bits per heavy atom. The molecule has 6 heteroatoms. The molecule has 0 aliphatic heterocycles. The molecule has 3 atom stereocenters. The van der Waals surface area contributed by atoms with Gasteiger partial charge in [-0.05, 0) is 17.7 Å². The number of rotatable bonds is 6. The number of sulfone groups is 1. The van der Waals surface area contributed by atoms with Crippen molar-refractivity contribution in [3.63, 3.8) is 0 Å².